The van der Waals surface area contributed by atoms with E-state index in [4.69, 9.17) is 4.74 Å². The third-order valence-corrected chi connectivity index (χ3v) is 6.35. The Balaban J connectivity index is 1.56. The molecule has 0 bridgehead atoms. The van der Waals surface area contributed by atoms with E-state index in [9.17, 15) is 13.2 Å². The number of sulfonamides is 1. The lowest BCUT2D eigenvalue weighted by atomic mass is 9.94. The molecule has 1 aliphatic carbocycles. The Morgan fingerprint density at radius 1 is 1.03 bits per heavy atom. The quantitative estimate of drug-likeness (QED) is 0.717. The summed E-state index contributed by atoms with van der Waals surface area (Å²) in [5.41, 5.74) is 2.01. The zero-order valence-corrected chi connectivity index (χ0v) is 17.5. The molecule has 3 rings (SSSR count). The van der Waals surface area contributed by atoms with Crippen molar-refractivity contribution < 1.29 is 22.7 Å². The van der Waals surface area contributed by atoms with E-state index in [-0.39, 0.29) is 17.0 Å². The average Bonchev–Trinajstić information content (AvgIpc) is 2.68. The lowest BCUT2D eigenvalue weighted by Gasteiger charge is -2.28. The summed E-state index contributed by atoms with van der Waals surface area (Å²) < 4.78 is 38.5. The van der Waals surface area contributed by atoms with Gasteiger partial charge in [0.2, 0.25) is 10.0 Å². The number of carbonyl (C=O) groups excluding carboxylic acids is 1. The van der Waals surface area contributed by atoms with Crippen LogP contribution in [-0.2, 0) is 14.8 Å². The molecular formula is C20H25N3O5S. The first-order valence-corrected chi connectivity index (χ1v) is 10.9. The summed E-state index contributed by atoms with van der Waals surface area (Å²) >= 11 is 0. The molecule has 0 atom stereocenters. The molecule has 0 amide bonds. The Kier molecular flexibility index (Phi) is 6.49. The zero-order chi connectivity index (χ0) is 21.0. The Hall–Kier alpha value is -2.52. The number of benzene rings is 1. The summed E-state index contributed by atoms with van der Waals surface area (Å²) in [5.74, 6) is -0.506. The predicted octanol–water partition coefficient (Wildman–Crippen LogP) is 2.55. The fourth-order valence-corrected chi connectivity index (χ4v) is 4.67. The summed E-state index contributed by atoms with van der Waals surface area (Å²) in [6.07, 6.45) is 2.72. The third-order valence-electron chi connectivity index (χ3n) is 4.82. The summed E-state index contributed by atoms with van der Waals surface area (Å²) in [7, 11) is -2.39. The smallest absolute Gasteiger partial charge is 0.337 e. The molecule has 1 heterocycles. The van der Waals surface area contributed by atoms with Gasteiger partial charge in [0, 0.05) is 17.4 Å². The Morgan fingerprint density at radius 2 is 1.62 bits per heavy atom. The maximum atomic E-state index is 12.6. The molecule has 1 N–H and O–H groups in total. The van der Waals surface area contributed by atoms with Crippen LogP contribution >= 0.6 is 0 Å². The topological polar surface area (TPSA) is 107 Å². The number of aromatic nitrogens is 2. The van der Waals surface area contributed by atoms with Gasteiger partial charge in [-0.25, -0.2) is 27.9 Å². The molecule has 0 radical (unpaired) electrons. The minimum Gasteiger partial charge on any atom is -0.465 e. The largest absolute Gasteiger partial charge is 0.465 e. The molecule has 0 aliphatic heterocycles. The lowest BCUT2D eigenvalue weighted by molar-refractivity contribution is 0.0600. The van der Waals surface area contributed by atoms with E-state index in [2.05, 4.69) is 19.4 Å². The molecule has 0 spiro atoms. The van der Waals surface area contributed by atoms with Crippen molar-refractivity contribution in [2.75, 3.05) is 7.11 Å². The number of ether oxygens (including phenoxy) is 2. The van der Waals surface area contributed by atoms with Crippen LogP contribution in [0.3, 0.4) is 0 Å². The molecule has 29 heavy (non-hydrogen) atoms. The molecule has 1 saturated carbocycles. The van der Waals surface area contributed by atoms with Gasteiger partial charge >= 0.3 is 12.0 Å². The fraction of sp³-hybridized carbons (Fsp3) is 0.450. The first kappa shape index (κ1) is 21.2. The van der Waals surface area contributed by atoms with Crippen LogP contribution in [-0.4, -0.2) is 43.6 Å². The van der Waals surface area contributed by atoms with Crippen LogP contribution < -0.4 is 9.46 Å². The zero-order valence-electron chi connectivity index (χ0n) is 16.7. The summed E-state index contributed by atoms with van der Waals surface area (Å²) in [4.78, 5) is 20.2. The minimum absolute atomic E-state index is 0.0312. The van der Waals surface area contributed by atoms with Crippen LogP contribution in [0, 0.1) is 13.8 Å². The first-order valence-electron chi connectivity index (χ1n) is 9.46. The number of aryl methyl sites for hydroxylation is 2. The number of rotatable bonds is 6. The van der Waals surface area contributed by atoms with Crippen molar-refractivity contribution in [3.63, 3.8) is 0 Å². The molecule has 1 fully saturated rings. The monoisotopic (exact) mass is 419 g/mol. The highest BCUT2D eigenvalue weighted by Crippen LogP contribution is 2.24. The number of esters is 1. The second-order valence-corrected chi connectivity index (χ2v) is 8.88. The average molecular weight is 420 g/mol. The predicted molar refractivity (Wildman–Crippen MR) is 106 cm³/mol. The van der Waals surface area contributed by atoms with Crippen molar-refractivity contribution >= 4 is 16.0 Å². The maximum absolute atomic E-state index is 12.6. The van der Waals surface area contributed by atoms with Crippen LogP contribution in [0.2, 0.25) is 0 Å². The second-order valence-electron chi connectivity index (χ2n) is 7.16. The third kappa shape index (κ3) is 5.51. The van der Waals surface area contributed by atoms with Gasteiger partial charge < -0.3 is 9.47 Å². The number of methoxy groups -OCH3 is 1. The highest BCUT2D eigenvalue weighted by atomic mass is 32.2. The highest BCUT2D eigenvalue weighted by Gasteiger charge is 2.27. The summed E-state index contributed by atoms with van der Waals surface area (Å²) in [5, 5.41) is 0. The van der Waals surface area contributed by atoms with Crippen LogP contribution in [0.25, 0.3) is 0 Å². The summed E-state index contributed by atoms with van der Waals surface area (Å²) in [6, 6.07) is 7.78. The van der Waals surface area contributed by atoms with Crippen molar-refractivity contribution in [3.8, 4) is 6.01 Å². The molecule has 8 nitrogen and oxygen atoms in total. The number of hydrogen-bond donors (Lipinski definition) is 1. The van der Waals surface area contributed by atoms with E-state index >= 15 is 0 Å². The van der Waals surface area contributed by atoms with Crippen molar-refractivity contribution in [1.82, 2.24) is 14.7 Å². The number of carbonyl (C=O) groups is 1. The van der Waals surface area contributed by atoms with Gasteiger partial charge in [-0.3, -0.25) is 0 Å². The fourth-order valence-electron chi connectivity index (χ4n) is 3.37. The summed E-state index contributed by atoms with van der Waals surface area (Å²) in [6.45, 7) is 3.79. The Morgan fingerprint density at radius 3 is 2.17 bits per heavy atom. The lowest BCUT2D eigenvalue weighted by Crippen LogP contribution is -2.39. The van der Waals surface area contributed by atoms with Crippen molar-refractivity contribution in [2.24, 2.45) is 0 Å². The number of hydrogen-bond acceptors (Lipinski definition) is 7. The van der Waals surface area contributed by atoms with Crippen LogP contribution in [0.5, 0.6) is 6.01 Å². The first-order chi connectivity index (χ1) is 13.8. The molecule has 2 aromatic rings. The SMILES string of the molecule is COC(=O)c1ccc(S(=O)(=O)NC2CCC(Oc3nc(C)cc(C)n3)CC2)cc1. The Labute approximate surface area is 170 Å². The molecule has 1 aliphatic rings. The molecule has 156 valence electrons. The van der Waals surface area contributed by atoms with Crippen LogP contribution in [0.4, 0.5) is 0 Å². The van der Waals surface area contributed by atoms with Crippen LogP contribution in [0.15, 0.2) is 35.2 Å². The molecular weight excluding hydrogens is 394 g/mol. The van der Waals surface area contributed by atoms with Crippen molar-refractivity contribution in [1.29, 1.82) is 0 Å². The molecule has 9 heteroatoms. The van der Waals surface area contributed by atoms with E-state index in [1.807, 2.05) is 19.9 Å². The molecule has 0 unspecified atom stereocenters. The minimum atomic E-state index is -3.66. The van der Waals surface area contributed by atoms with Gasteiger partial charge in [0.15, 0.2) is 0 Å². The van der Waals surface area contributed by atoms with Crippen LogP contribution in [0.1, 0.15) is 47.4 Å². The van der Waals surface area contributed by atoms with Gasteiger partial charge in [-0.15, -0.1) is 0 Å². The van der Waals surface area contributed by atoms with Gasteiger partial charge in [0.25, 0.3) is 0 Å². The number of nitrogens with one attached hydrogen (secondary N) is 1. The highest BCUT2D eigenvalue weighted by molar-refractivity contribution is 7.89. The van der Waals surface area contributed by atoms with E-state index in [0.29, 0.717) is 37.3 Å². The van der Waals surface area contributed by atoms with E-state index < -0.39 is 16.0 Å². The normalized spacial score (nSPS) is 19.6. The standard InChI is InChI=1S/C20H25N3O5S/c1-13-12-14(2)22-20(21-13)28-17-8-6-16(7-9-17)23-29(25,26)18-10-4-15(5-11-18)19(24)27-3/h4-5,10-12,16-17,23H,6-9H2,1-3H3. The molecule has 1 aromatic heterocycles. The second kappa shape index (κ2) is 8.87. The van der Waals surface area contributed by atoms with E-state index in [0.717, 1.165) is 11.4 Å². The molecule has 0 saturated heterocycles. The molecule has 1 aromatic carbocycles. The van der Waals surface area contributed by atoms with Gasteiger partial charge in [0.05, 0.1) is 17.6 Å². The Bertz CT molecular complexity index is 948. The van der Waals surface area contributed by atoms with Crippen molar-refractivity contribution in [2.45, 2.75) is 56.6 Å². The van der Waals surface area contributed by atoms with Gasteiger partial charge in [-0.1, -0.05) is 0 Å². The van der Waals surface area contributed by atoms with E-state index in [1.54, 1.807) is 0 Å². The van der Waals surface area contributed by atoms with Crippen molar-refractivity contribution in [3.05, 3.63) is 47.3 Å². The number of nitrogens with zero attached hydrogens (tertiary/aromatic N) is 2. The maximum Gasteiger partial charge on any atom is 0.337 e. The van der Waals surface area contributed by atoms with Gasteiger partial charge in [-0.2, -0.15) is 0 Å². The van der Waals surface area contributed by atoms with Gasteiger partial charge in [0.1, 0.15) is 6.10 Å². The van der Waals surface area contributed by atoms with E-state index in [1.165, 1.54) is 31.4 Å². The van der Waals surface area contributed by atoms with Gasteiger partial charge in [-0.05, 0) is 69.9 Å².